The third-order valence-corrected chi connectivity index (χ3v) is 3.63. The highest BCUT2D eigenvalue weighted by atomic mass is 32.2. The molecule has 0 fully saturated rings. The van der Waals surface area contributed by atoms with Crippen LogP contribution in [0.25, 0.3) is 0 Å². The highest BCUT2D eigenvalue weighted by molar-refractivity contribution is 7.87. The zero-order valence-corrected chi connectivity index (χ0v) is 12.5. The molecule has 1 heterocycles. The Hall–Kier alpha value is -2.13. The largest absolute Gasteiger partial charge is 0.534 e. The van der Waals surface area contributed by atoms with Crippen LogP contribution in [0.3, 0.4) is 0 Å². The molecule has 124 valence electrons. The molecule has 1 aromatic heterocycles. The van der Waals surface area contributed by atoms with Gasteiger partial charge in [-0.2, -0.15) is 21.6 Å². The molecular weight excluding hydrogens is 335 g/mol. The maximum Gasteiger partial charge on any atom is 0.534 e. The standard InChI is InChI=1S/C14H12F3NO4S/c15-14(16,17)23(19,20)22-13-7-6-12(18-8-13)10-21-9-11-4-2-1-3-5-11/h1-8H,9-10H2. The Morgan fingerprint density at radius 3 is 2.26 bits per heavy atom. The molecule has 0 amide bonds. The molecule has 0 spiro atoms. The number of pyridine rings is 1. The fraction of sp³-hybridized carbons (Fsp3) is 0.214. The average Bonchev–Trinajstić information content (AvgIpc) is 2.49. The van der Waals surface area contributed by atoms with Gasteiger partial charge in [0.25, 0.3) is 0 Å². The summed E-state index contributed by atoms with van der Waals surface area (Å²) in [6.45, 7) is 0.477. The lowest BCUT2D eigenvalue weighted by atomic mass is 10.2. The zero-order valence-electron chi connectivity index (χ0n) is 11.7. The van der Waals surface area contributed by atoms with Gasteiger partial charge in [-0.05, 0) is 17.7 Å². The average molecular weight is 347 g/mol. The molecule has 2 rings (SSSR count). The fourth-order valence-electron chi connectivity index (χ4n) is 1.57. The number of hydrogen-bond acceptors (Lipinski definition) is 5. The Balaban J connectivity index is 1.90. The van der Waals surface area contributed by atoms with Gasteiger partial charge in [0.05, 0.1) is 25.1 Å². The van der Waals surface area contributed by atoms with Crippen LogP contribution in [-0.4, -0.2) is 18.9 Å². The van der Waals surface area contributed by atoms with Gasteiger partial charge in [0, 0.05) is 0 Å². The number of hydrogen-bond donors (Lipinski definition) is 0. The number of rotatable bonds is 6. The monoisotopic (exact) mass is 347 g/mol. The van der Waals surface area contributed by atoms with Crippen LogP contribution >= 0.6 is 0 Å². The molecule has 5 nitrogen and oxygen atoms in total. The first kappa shape index (κ1) is 17.2. The second kappa shape index (κ2) is 6.97. The summed E-state index contributed by atoms with van der Waals surface area (Å²) < 4.78 is 67.5. The Labute approximate surface area is 130 Å². The van der Waals surface area contributed by atoms with Crippen molar-refractivity contribution >= 4 is 10.1 Å². The lowest BCUT2D eigenvalue weighted by Crippen LogP contribution is -2.28. The van der Waals surface area contributed by atoms with Crippen molar-refractivity contribution in [2.75, 3.05) is 0 Å². The van der Waals surface area contributed by atoms with Gasteiger partial charge < -0.3 is 8.92 Å². The Kier molecular flexibility index (Phi) is 5.22. The zero-order chi connectivity index (χ0) is 16.9. The first-order chi connectivity index (χ1) is 10.8. The van der Waals surface area contributed by atoms with Crippen molar-refractivity contribution in [1.82, 2.24) is 4.98 Å². The van der Waals surface area contributed by atoms with E-state index >= 15 is 0 Å². The van der Waals surface area contributed by atoms with Crippen molar-refractivity contribution < 1.29 is 30.5 Å². The quantitative estimate of drug-likeness (QED) is 0.594. The summed E-state index contributed by atoms with van der Waals surface area (Å²) in [5, 5.41) is 0. The number of benzene rings is 1. The molecule has 0 saturated heterocycles. The van der Waals surface area contributed by atoms with Crippen LogP contribution < -0.4 is 4.18 Å². The Morgan fingerprint density at radius 1 is 1.00 bits per heavy atom. The number of halogens is 3. The molecule has 0 bridgehead atoms. The number of aromatic nitrogens is 1. The van der Waals surface area contributed by atoms with Crippen LogP contribution in [0, 0.1) is 0 Å². The summed E-state index contributed by atoms with van der Waals surface area (Å²) in [6.07, 6.45) is 0.893. The molecule has 23 heavy (non-hydrogen) atoms. The van der Waals surface area contributed by atoms with E-state index in [1.807, 2.05) is 30.3 Å². The van der Waals surface area contributed by atoms with Gasteiger partial charge in [0.15, 0.2) is 5.75 Å². The summed E-state index contributed by atoms with van der Waals surface area (Å²) in [5.74, 6) is -0.519. The number of nitrogens with zero attached hydrogens (tertiary/aromatic N) is 1. The van der Waals surface area contributed by atoms with Gasteiger partial charge in [-0.15, -0.1) is 0 Å². The molecule has 0 aliphatic heterocycles. The van der Waals surface area contributed by atoms with Crippen LogP contribution in [0.5, 0.6) is 5.75 Å². The highest BCUT2D eigenvalue weighted by Crippen LogP contribution is 2.26. The maximum atomic E-state index is 12.2. The van der Waals surface area contributed by atoms with Crippen molar-refractivity contribution in [3.8, 4) is 5.75 Å². The Bertz CT molecular complexity index is 731. The summed E-state index contributed by atoms with van der Waals surface area (Å²) in [6, 6.07) is 11.8. The van der Waals surface area contributed by atoms with Gasteiger partial charge in [0.1, 0.15) is 0 Å². The fourth-order valence-corrected chi connectivity index (χ4v) is 2.01. The van der Waals surface area contributed by atoms with Crippen molar-refractivity contribution in [3.05, 3.63) is 59.9 Å². The first-order valence-electron chi connectivity index (χ1n) is 6.35. The molecule has 1 aromatic carbocycles. The normalized spacial score (nSPS) is 12.1. The van der Waals surface area contributed by atoms with E-state index in [4.69, 9.17) is 4.74 Å². The van der Waals surface area contributed by atoms with E-state index in [9.17, 15) is 21.6 Å². The molecule has 0 saturated carbocycles. The second-order valence-corrected chi connectivity index (χ2v) is 5.98. The summed E-state index contributed by atoms with van der Waals surface area (Å²) >= 11 is 0. The van der Waals surface area contributed by atoms with Gasteiger partial charge in [-0.3, -0.25) is 4.98 Å². The third-order valence-electron chi connectivity index (χ3n) is 2.65. The predicted molar refractivity (Wildman–Crippen MR) is 74.8 cm³/mol. The predicted octanol–water partition coefficient (Wildman–Crippen LogP) is 3.03. The molecule has 0 N–H and O–H groups in total. The maximum absolute atomic E-state index is 12.2. The van der Waals surface area contributed by atoms with Crippen molar-refractivity contribution in [2.45, 2.75) is 18.7 Å². The van der Waals surface area contributed by atoms with Gasteiger partial charge >= 0.3 is 15.6 Å². The smallest absolute Gasteiger partial charge is 0.374 e. The van der Waals surface area contributed by atoms with E-state index in [0.717, 1.165) is 17.8 Å². The lowest BCUT2D eigenvalue weighted by molar-refractivity contribution is -0.0500. The molecule has 0 aliphatic carbocycles. The molecule has 0 atom stereocenters. The van der Waals surface area contributed by atoms with Crippen LogP contribution in [0.1, 0.15) is 11.3 Å². The van der Waals surface area contributed by atoms with Crippen LogP contribution in [0.2, 0.25) is 0 Å². The van der Waals surface area contributed by atoms with E-state index < -0.39 is 21.4 Å². The van der Waals surface area contributed by atoms with E-state index in [-0.39, 0.29) is 6.61 Å². The summed E-state index contributed by atoms with van der Waals surface area (Å²) in [4.78, 5) is 3.79. The lowest BCUT2D eigenvalue weighted by Gasteiger charge is -2.09. The third kappa shape index (κ3) is 4.93. The molecular formula is C14H12F3NO4S. The molecule has 2 aromatic rings. The second-order valence-electron chi connectivity index (χ2n) is 4.45. The van der Waals surface area contributed by atoms with E-state index in [0.29, 0.717) is 12.3 Å². The topological polar surface area (TPSA) is 65.5 Å². The van der Waals surface area contributed by atoms with Crippen LogP contribution in [0.15, 0.2) is 48.7 Å². The molecule has 0 unspecified atom stereocenters. The van der Waals surface area contributed by atoms with E-state index in [1.54, 1.807) is 0 Å². The van der Waals surface area contributed by atoms with Crippen molar-refractivity contribution in [1.29, 1.82) is 0 Å². The van der Waals surface area contributed by atoms with Gasteiger partial charge in [-0.25, -0.2) is 0 Å². The SMILES string of the molecule is O=S(=O)(Oc1ccc(COCc2ccccc2)nc1)C(F)(F)F. The summed E-state index contributed by atoms with van der Waals surface area (Å²) in [7, 11) is -5.69. The van der Waals surface area contributed by atoms with Crippen LogP contribution in [-0.2, 0) is 28.1 Å². The first-order valence-corrected chi connectivity index (χ1v) is 7.76. The summed E-state index contributed by atoms with van der Waals surface area (Å²) in [5.41, 5.74) is -4.09. The number of ether oxygens (including phenoxy) is 1. The van der Waals surface area contributed by atoms with Crippen LogP contribution in [0.4, 0.5) is 13.2 Å². The highest BCUT2D eigenvalue weighted by Gasteiger charge is 2.48. The molecule has 0 radical (unpaired) electrons. The minimum atomic E-state index is -5.69. The van der Waals surface area contributed by atoms with Gasteiger partial charge in [0.2, 0.25) is 0 Å². The van der Waals surface area contributed by atoms with E-state index in [2.05, 4.69) is 9.17 Å². The minimum Gasteiger partial charge on any atom is -0.374 e. The number of alkyl halides is 3. The van der Waals surface area contributed by atoms with Crippen molar-refractivity contribution in [3.63, 3.8) is 0 Å². The minimum absolute atomic E-state index is 0.126. The molecule has 9 heteroatoms. The van der Waals surface area contributed by atoms with Crippen molar-refractivity contribution in [2.24, 2.45) is 0 Å². The molecule has 0 aliphatic rings. The van der Waals surface area contributed by atoms with E-state index in [1.165, 1.54) is 6.07 Å². The Morgan fingerprint density at radius 2 is 1.70 bits per heavy atom. The van der Waals surface area contributed by atoms with Gasteiger partial charge in [-0.1, -0.05) is 30.3 Å².